The Balaban J connectivity index is 1.32. The van der Waals surface area contributed by atoms with E-state index in [4.69, 9.17) is 4.98 Å². The highest BCUT2D eigenvalue weighted by Crippen LogP contribution is 2.40. The van der Waals surface area contributed by atoms with Crippen LogP contribution in [0.2, 0.25) is 0 Å². The molecule has 3 aromatic heterocycles. The largest absolute Gasteiger partial charge is 0.391 e. The highest BCUT2D eigenvalue weighted by molar-refractivity contribution is 6.36. The van der Waals surface area contributed by atoms with Crippen molar-refractivity contribution in [1.82, 2.24) is 24.5 Å². The van der Waals surface area contributed by atoms with E-state index < -0.39 is 12.1 Å². The SMILES string of the molecule is Bc1cnn2c(NCc3cccnc3)cc(C3CCCN(C4CCC(C(F)(F)F)CC4)C3)nc12. The van der Waals surface area contributed by atoms with Crippen molar-refractivity contribution >= 4 is 24.8 Å². The van der Waals surface area contributed by atoms with Gasteiger partial charge < -0.3 is 5.32 Å². The molecule has 180 valence electrons. The van der Waals surface area contributed by atoms with Crippen molar-refractivity contribution in [3.05, 3.63) is 48.0 Å². The Bertz CT molecular complexity index is 1110. The maximum atomic E-state index is 13.1. The molecule has 1 saturated heterocycles. The molecule has 0 spiro atoms. The summed E-state index contributed by atoms with van der Waals surface area (Å²) in [7, 11) is 2.01. The molecule has 2 aliphatic rings. The van der Waals surface area contributed by atoms with Crippen LogP contribution in [0, 0.1) is 5.92 Å². The van der Waals surface area contributed by atoms with E-state index in [9.17, 15) is 13.2 Å². The molecular weight excluding hydrogens is 440 g/mol. The number of rotatable bonds is 5. The molecule has 1 aliphatic heterocycles. The summed E-state index contributed by atoms with van der Waals surface area (Å²) < 4.78 is 41.1. The Labute approximate surface area is 198 Å². The van der Waals surface area contributed by atoms with Crippen LogP contribution in [0.1, 0.15) is 55.7 Å². The topological polar surface area (TPSA) is 58.4 Å². The Morgan fingerprint density at radius 3 is 2.68 bits per heavy atom. The minimum absolute atomic E-state index is 0.241. The molecule has 3 aromatic rings. The number of anilines is 1. The van der Waals surface area contributed by atoms with Crippen LogP contribution >= 0.6 is 0 Å². The molecule has 10 heteroatoms. The molecule has 34 heavy (non-hydrogen) atoms. The molecule has 1 atom stereocenters. The lowest BCUT2D eigenvalue weighted by Gasteiger charge is -2.41. The molecule has 1 N–H and O–H groups in total. The number of aromatic nitrogens is 4. The first-order valence-electron chi connectivity index (χ1n) is 12.2. The second kappa shape index (κ2) is 9.56. The van der Waals surface area contributed by atoms with E-state index in [-0.39, 0.29) is 24.8 Å². The standard InChI is InChI=1S/C24H30BF3N6/c25-20-14-31-34-22(30-13-16-3-1-9-29-12-16)11-21(32-23(20)34)17-4-2-10-33(15-17)19-7-5-18(6-8-19)24(26,27)28/h1,3,9,11-12,14,17-19,30H,2,4-8,10,13,15,25H2. The van der Waals surface area contributed by atoms with Crippen LogP contribution in [-0.2, 0) is 6.54 Å². The monoisotopic (exact) mass is 470 g/mol. The first-order valence-corrected chi connectivity index (χ1v) is 12.2. The number of halogens is 3. The summed E-state index contributed by atoms with van der Waals surface area (Å²) >= 11 is 0. The van der Waals surface area contributed by atoms with Gasteiger partial charge in [0.1, 0.15) is 13.7 Å². The molecule has 0 amide bonds. The van der Waals surface area contributed by atoms with Gasteiger partial charge in [-0.05, 0) is 62.2 Å². The number of hydrogen-bond donors (Lipinski definition) is 1. The van der Waals surface area contributed by atoms with Crippen LogP contribution in [0.15, 0.2) is 36.8 Å². The van der Waals surface area contributed by atoms with Crippen molar-refractivity contribution in [1.29, 1.82) is 0 Å². The van der Waals surface area contributed by atoms with Gasteiger partial charge in [0.2, 0.25) is 0 Å². The lowest BCUT2D eigenvalue weighted by Crippen LogP contribution is -2.45. The quantitative estimate of drug-likeness (QED) is 0.581. The van der Waals surface area contributed by atoms with Gasteiger partial charge in [0.25, 0.3) is 0 Å². The van der Waals surface area contributed by atoms with Gasteiger partial charge in [-0.15, -0.1) is 0 Å². The molecule has 2 fully saturated rings. The summed E-state index contributed by atoms with van der Waals surface area (Å²) in [6.45, 7) is 2.43. The smallest absolute Gasteiger partial charge is 0.366 e. The highest BCUT2D eigenvalue weighted by Gasteiger charge is 2.42. The third-order valence-corrected chi connectivity index (χ3v) is 7.41. The fourth-order valence-electron chi connectivity index (χ4n) is 5.47. The Morgan fingerprint density at radius 2 is 1.94 bits per heavy atom. The number of likely N-dealkylation sites (tertiary alicyclic amines) is 1. The van der Waals surface area contributed by atoms with Crippen LogP contribution in [0.4, 0.5) is 19.0 Å². The fourth-order valence-corrected chi connectivity index (χ4v) is 5.47. The van der Waals surface area contributed by atoms with E-state index in [0.717, 1.165) is 54.1 Å². The predicted molar refractivity (Wildman–Crippen MR) is 128 cm³/mol. The number of hydrogen-bond acceptors (Lipinski definition) is 5. The summed E-state index contributed by atoms with van der Waals surface area (Å²) in [5, 5.41) is 8.00. The van der Waals surface area contributed by atoms with Crippen LogP contribution in [0.3, 0.4) is 0 Å². The Hall–Kier alpha value is -2.62. The lowest BCUT2D eigenvalue weighted by molar-refractivity contribution is -0.184. The first-order chi connectivity index (χ1) is 16.4. The van der Waals surface area contributed by atoms with Crippen molar-refractivity contribution in [2.45, 2.75) is 63.2 Å². The van der Waals surface area contributed by atoms with Crippen LogP contribution in [0.5, 0.6) is 0 Å². The number of fused-ring (bicyclic) bond motifs is 1. The van der Waals surface area contributed by atoms with E-state index in [1.54, 1.807) is 6.20 Å². The predicted octanol–water partition coefficient (Wildman–Crippen LogP) is 3.30. The van der Waals surface area contributed by atoms with Gasteiger partial charge in [-0.3, -0.25) is 9.88 Å². The summed E-state index contributed by atoms with van der Waals surface area (Å²) in [4.78, 5) is 11.6. The van der Waals surface area contributed by atoms with E-state index in [1.165, 1.54) is 0 Å². The maximum absolute atomic E-state index is 13.1. The normalized spacial score (nSPS) is 24.4. The van der Waals surface area contributed by atoms with Gasteiger partial charge in [0.05, 0.1) is 11.6 Å². The summed E-state index contributed by atoms with van der Waals surface area (Å²) in [6, 6.07) is 6.27. The minimum atomic E-state index is -4.06. The maximum Gasteiger partial charge on any atom is 0.391 e. The fraction of sp³-hybridized carbons (Fsp3) is 0.542. The van der Waals surface area contributed by atoms with Crippen LogP contribution in [0.25, 0.3) is 5.65 Å². The number of nitrogens with one attached hydrogen (secondary N) is 1. The Kier molecular flexibility index (Phi) is 6.51. The van der Waals surface area contributed by atoms with E-state index >= 15 is 0 Å². The minimum Gasteiger partial charge on any atom is -0.366 e. The van der Waals surface area contributed by atoms with E-state index in [0.29, 0.717) is 19.4 Å². The molecule has 0 radical (unpaired) electrons. The van der Waals surface area contributed by atoms with Gasteiger partial charge in [0, 0.05) is 49.7 Å². The second-order valence-electron chi connectivity index (χ2n) is 9.73. The molecule has 5 rings (SSSR count). The average Bonchev–Trinajstić information content (AvgIpc) is 3.23. The zero-order valence-electron chi connectivity index (χ0n) is 19.4. The second-order valence-corrected chi connectivity index (χ2v) is 9.73. The van der Waals surface area contributed by atoms with Crippen molar-refractivity contribution in [3.63, 3.8) is 0 Å². The molecular formula is C24H30BF3N6. The van der Waals surface area contributed by atoms with Crippen LogP contribution < -0.4 is 10.8 Å². The molecule has 0 bridgehead atoms. The van der Waals surface area contributed by atoms with Gasteiger partial charge in [0.15, 0.2) is 5.65 Å². The van der Waals surface area contributed by atoms with Crippen molar-refractivity contribution in [2.75, 3.05) is 18.4 Å². The number of nitrogens with zero attached hydrogens (tertiary/aromatic N) is 5. The van der Waals surface area contributed by atoms with Crippen molar-refractivity contribution < 1.29 is 13.2 Å². The number of alkyl halides is 3. The lowest BCUT2D eigenvalue weighted by atomic mass is 9.83. The summed E-state index contributed by atoms with van der Waals surface area (Å²) in [6.07, 6.45) is 5.19. The van der Waals surface area contributed by atoms with Gasteiger partial charge in [-0.2, -0.15) is 22.8 Å². The third kappa shape index (κ3) is 4.92. The van der Waals surface area contributed by atoms with Crippen LogP contribution in [-0.4, -0.2) is 57.6 Å². The first kappa shape index (κ1) is 23.1. The van der Waals surface area contributed by atoms with E-state index in [1.807, 2.05) is 36.9 Å². The molecule has 1 unspecified atom stereocenters. The van der Waals surface area contributed by atoms with Crippen molar-refractivity contribution in [3.8, 4) is 0 Å². The Morgan fingerprint density at radius 1 is 1.12 bits per heavy atom. The third-order valence-electron chi connectivity index (χ3n) is 7.41. The summed E-state index contributed by atoms with van der Waals surface area (Å²) in [5.74, 6) is 0.0128. The summed E-state index contributed by atoms with van der Waals surface area (Å²) in [5.41, 5.74) is 3.97. The molecule has 1 saturated carbocycles. The molecule has 1 aliphatic carbocycles. The number of piperidine rings is 1. The molecule has 4 heterocycles. The van der Waals surface area contributed by atoms with Crippen molar-refractivity contribution in [2.24, 2.45) is 5.92 Å². The van der Waals surface area contributed by atoms with E-state index in [2.05, 4.69) is 26.4 Å². The van der Waals surface area contributed by atoms with Gasteiger partial charge >= 0.3 is 6.18 Å². The van der Waals surface area contributed by atoms with Gasteiger partial charge in [-0.25, -0.2) is 4.98 Å². The molecule has 6 nitrogen and oxygen atoms in total. The average molecular weight is 470 g/mol. The number of pyridine rings is 1. The zero-order valence-corrected chi connectivity index (χ0v) is 19.4. The highest BCUT2D eigenvalue weighted by atomic mass is 19.4. The zero-order chi connectivity index (χ0) is 23.7. The molecule has 0 aromatic carbocycles. The van der Waals surface area contributed by atoms with Gasteiger partial charge in [-0.1, -0.05) is 6.07 Å².